The molecule has 9 heavy (non-hydrogen) atoms. The maximum atomic E-state index is 4.05. The monoisotopic (exact) mass is 122 g/mol. The minimum Gasteiger partial charge on any atom is -0.276 e. The molecular formula is C6H11BN2. The Bertz CT molecular complexity index is 193. The molecule has 0 unspecified atom stereocenters. The van der Waals surface area contributed by atoms with Crippen molar-refractivity contribution in [1.82, 2.24) is 9.78 Å². The molecule has 0 N–H and O–H groups in total. The molecular weight excluding hydrogens is 111 g/mol. The van der Waals surface area contributed by atoms with E-state index in [1.807, 2.05) is 24.1 Å². The van der Waals surface area contributed by atoms with E-state index in [0.717, 1.165) is 0 Å². The molecule has 0 fully saturated rings. The van der Waals surface area contributed by atoms with Crippen LogP contribution in [0.2, 0.25) is 13.6 Å². The van der Waals surface area contributed by atoms with Crippen molar-refractivity contribution in [3.8, 4) is 0 Å². The largest absolute Gasteiger partial charge is 0.276 e. The minimum absolute atomic E-state index is 0.596. The molecule has 1 rings (SSSR count). The van der Waals surface area contributed by atoms with Gasteiger partial charge in [0.25, 0.3) is 0 Å². The SMILES string of the molecule is CB(C)c1cnn(C)c1. The van der Waals surface area contributed by atoms with E-state index >= 15 is 0 Å². The zero-order valence-corrected chi connectivity index (χ0v) is 6.13. The first-order valence-corrected chi connectivity index (χ1v) is 3.18. The molecule has 0 radical (unpaired) electrons. The van der Waals surface area contributed by atoms with E-state index < -0.39 is 0 Å². The summed E-state index contributed by atoms with van der Waals surface area (Å²) in [6.45, 7) is 4.92. The molecule has 0 aromatic carbocycles. The van der Waals surface area contributed by atoms with Gasteiger partial charge in [0, 0.05) is 19.4 Å². The Morgan fingerprint density at radius 3 is 2.44 bits per heavy atom. The van der Waals surface area contributed by atoms with Crippen LogP contribution in [0.15, 0.2) is 12.4 Å². The Labute approximate surface area is 56.0 Å². The summed E-state index contributed by atoms with van der Waals surface area (Å²) in [4.78, 5) is 0. The van der Waals surface area contributed by atoms with Crippen LogP contribution >= 0.6 is 0 Å². The zero-order chi connectivity index (χ0) is 6.85. The van der Waals surface area contributed by atoms with Gasteiger partial charge in [-0.15, -0.1) is 0 Å². The van der Waals surface area contributed by atoms with Gasteiger partial charge in [0.05, 0.1) is 0 Å². The Balaban J connectivity index is 2.85. The van der Waals surface area contributed by atoms with Crippen LogP contribution in [0.1, 0.15) is 0 Å². The van der Waals surface area contributed by atoms with Crippen molar-refractivity contribution in [3.63, 3.8) is 0 Å². The van der Waals surface area contributed by atoms with E-state index in [0.29, 0.717) is 6.71 Å². The third-order valence-electron chi connectivity index (χ3n) is 1.39. The highest BCUT2D eigenvalue weighted by atomic mass is 15.2. The summed E-state index contributed by atoms with van der Waals surface area (Å²) in [5, 5.41) is 4.05. The van der Waals surface area contributed by atoms with E-state index in [-0.39, 0.29) is 0 Å². The molecule has 1 aromatic rings. The molecule has 0 bridgehead atoms. The summed E-state index contributed by atoms with van der Waals surface area (Å²) < 4.78 is 1.83. The van der Waals surface area contributed by atoms with Gasteiger partial charge in [-0.2, -0.15) is 5.10 Å². The molecule has 1 aromatic heterocycles. The highest BCUT2D eigenvalue weighted by Crippen LogP contribution is 1.82. The van der Waals surface area contributed by atoms with E-state index in [1.165, 1.54) is 5.46 Å². The fraction of sp³-hybridized carbons (Fsp3) is 0.500. The number of hydrogen-bond donors (Lipinski definition) is 0. The van der Waals surface area contributed by atoms with Crippen molar-refractivity contribution >= 4 is 12.2 Å². The number of aryl methyl sites for hydroxylation is 1. The summed E-state index contributed by atoms with van der Waals surface area (Å²) in [5.74, 6) is 0. The van der Waals surface area contributed by atoms with E-state index in [4.69, 9.17) is 0 Å². The molecule has 0 atom stereocenters. The molecule has 0 saturated heterocycles. The summed E-state index contributed by atoms with van der Waals surface area (Å²) in [7, 11) is 1.94. The maximum absolute atomic E-state index is 4.05. The lowest BCUT2D eigenvalue weighted by Gasteiger charge is -1.91. The van der Waals surface area contributed by atoms with Gasteiger partial charge in [-0.1, -0.05) is 13.6 Å². The second kappa shape index (κ2) is 2.25. The lowest BCUT2D eigenvalue weighted by atomic mass is 9.50. The first-order chi connectivity index (χ1) is 4.20. The highest BCUT2D eigenvalue weighted by molar-refractivity contribution is 6.70. The van der Waals surface area contributed by atoms with Crippen LogP contribution in [0.3, 0.4) is 0 Å². The van der Waals surface area contributed by atoms with Gasteiger partial charge in [0.1, 0.15) is 0 Å². The molecule has 0 aliphatic heterocycles. The van der Waals surface area contributed by atoms with Crippen molar-refractivity contribution in [3.05, 3.63) is 12.4 Å². The Hall–Kier alpha value is -0.725. The normalized spacial score (nSPS) is 9.67. The first-order valence-electron chi connectivity index (χ1n) is 3.18. The summed E-state index contributed by atoms with van der Waals surface area (Å²) >= 11 is 0. The Kier molecular flexibility index (Phi) is 1.60. The molecule has 0 aliphatic rings. The average molecular weight is 122 g/mol. The van der Waals surface area contributed by atoms with Crippen LogP contribution in [0.5, 0.6) is 0 Å². The van der Waals surface area contributed by atoms with Gasteiger partial charge >= 0.3 is 0 Å². The van der Waals surface area contributed by atoms with Crippen LogP contribution in [-0.4, -0.2) is 16.5 Å². The van der Waals surface area contributed by atoms with Gasteiger partial charge in [-0.05, 0) is 5.46 Å². The second-order valence-corrected chi connectivity index (χ2v) is 2.60. The smallest absolute Gasteiger partial charge is 0.173 e. The maximum Gasteiger partial charge on any atom is 0.173 e. The highest BCUT2D eigenvalue weighted by Gasteiger charge is 2.02. The van der Waals surface area contributed by atoms with Crippen molar-refractivity contribution in [1.29, 1.82) is 0 Å². The summed E-state index contributed by atoms with van der Waals surface area (Å²) in [6.07, 6.45) is 3.95. The van der Waals surface area contributed by atoms with Gasteiger partial charge in [-0.25, -0.2) is 0 Å². The molecule has 0 saturated carbocycles. The van der Waals surface area contributed by atoms with Crippen LogP contribution in [0.4, 0.5) is 0 Å². The molecule has 0 amide bonds. The summed E-state index contributed by atoms with van der Waals surface area (Å²) in [5.41, 5.74) is 1.30. The second-order valence-electron chi connectivity index (χ2n) is 2.60. The summed E-state index contributed by atoms with van der Waals surface area (Å²) in [6, 6.07) is 0. The van der Waals surface area contributed by atoms with Crippen LogP contribution in [-0.2, 0) is 7.05 Å². The molecule has 3 heteroatoms. The molecule has 0 spiro atoms. The number of aromatic nitrogens is 2. The average Bonchev–Trinajstić information content (AvgIpc) is 2.14. The topological polar surface area (TPSA) is 17.8 Å². The first kappa shape index (κ1) is 6.40. The molecule has 48 valence electrons. The number of hydrogen-bond acceptors (Lipinski definition) is 1. The molecule has 1 heterocycles. The lowest BCUT2D eigenvalue weighted by molar-refractivity contribution is 0.768. The van der Waals surface area contributed by atoms with Crippen LogP contribution in [0.25, 0.3) is 0 Å². The predicted molar refractivity (Wildman–Crippen MR) is 40.3 cm³/mol. The van der Waals surface area contributed by atoms with Crippen molar-refractivity contribution in [2.45, 2.75) is 13.6 Å². The third kappa shape index (κ3) is 1.34. The van der Waals surface area contributed by atoms with E-state index in [9.17, 15) is 0 Å². The predicted octanol–water partition coefficient (Wildman–Crippen LogP) is 0.381. The number of rotatable bonds is 1. The molecule has 2 nitrogen and oxygen atoms in total. The van der Waals surface area contributed by atoms with Crippen LogP contribution < -0.4 is 5.46 Å². The van der Waals surface area contributed by atoms with E-state index in [2.05, 4.69) is 18.7 Å². The fourth-order valence-corrected chi connectivity index (χ4v) is 0.738. The van der Waals surface area contributed by atoms with Gasteiger partial charge in [-0.3, -0.25) is 4.68 Å². The van der Waals surface area contributed by atoms with Crippen molar-refractivity contribution in [2.75, 3.05) is 0 Å². The van der Waals surface area contributed by atoms with E-state index in [1.54, 1.807) is 0 Å². The zero-order valence-electron chi connectivity index (χ0n) is 6.13. The van der Waals surface area contributed by atoms with Gasteiger partial charge in [0.15, 0.2) is 6.71 Å². The Morgan fingerprint density at radius 1 is 1.56 bits per heavy atom. The number of nitrogens with zero attached hydrogens (tertiary/aromatic N) is 2. The van der Waals surface area contributed by atoms with Crippen LogP contribution in [0, 0.1) is 0 Å². The third-order valence-corrected chi connectivity index (χ3v) is 1.39. The van der Waals surface area contributed by atoms with Crippen molar-refractivity contribution < 1.29 is 0 Å². The fourth-order valence-electron chi connectivity index (χ4n) is 0.738. The molecule has 0 aliphatic carbocycles. The van der Waals surface area contributed by atoms with Gasteiger partial charge in [0.2, 0.25) is 0 Å². The Morgan fingerprint density at radius 2 is 2.22 bits per heavy atom. The standard InChI is InChI=1S/C6H11BN2/c1-7(2)6-4-8-9(3)5-6/h4-5H,1-3H3. The van der Waals surface area contributed by atoms with Gasteiger partial charge < -0.3 is 0 Å². The minimum atomic E-state index is 0.596. The van der Waals surface area contributed by atoms with Crippen molar-refractivity contribution in [2.24, 2.45) is 7.05 Å². The lowest BCUT2D eigenvalue weighted by Crippen LogP contribution is -2.20. The quantitative estimate of drug-likeness (QED) is 0.492.